The van der Waals surface area contributed by atoms with Crippen LogP contribution in [0.2, 0.25) is 0 Å². The van der Waals surface area contributed by atoms with Gasteiger partial charge < -0.3 is 10.1 Å². The van der Waals surface area contributed by atoms with Crippen LogP contribution in [0.5, 0.6) is 0 Å². The van der Waals surface area contributed by atoms with Gasteiger partial charge in [-0.15, -0.1) is 0 Å². The summed E-state index contributed by atoms with van der Waals surface area (Å²) >= 11 is 0. The highest BCUT2D eigenvalue weighted by atomic mass is 16.5. The fourth-order valence-electron chi connectivity index (χ4n) is 5.06. The maximum absolute atomic E-state index is 13.3. The fourth-order valence-corrected chi connectivity index (χ4v) is 5.06. The van der Waals surface area contributed by atoms with Gasteiger partial charge in [-0.1, -0.05) is 26.2 Å². The molecule has 1 spiro atoms. The van der Waals surface area contributed by atoms with E-state index < -0.39 is 0 Å². The lowest BCUT2D eigenvalue weighted by Gasteiger charge is -2.43. The maximum atomic E-state index is 13.3. The van der Waals surface area contributed by atoms with Crippen LogP contribution in [0, 0.1) is 11.3 Å². The zero-order chi connectivity index (χ0) is 14.8. The van der Waals surface area contributed by atoms with Crippen LogP contribution in [0.25, 0.3) is 0 Å². The molecule has 1 N–H and O–H groups in total. The van der Waals surface area contributed by atoms with Crippen molar-refractivity contribution in [3.05, 3.63) is 0 Å². The molecule has 0 aromatic heterocycles. The number of piperidine rings is 1. The van der Waals surface area contributed by atoms with Crippen molar-refractivity contribution < 1.29 is 9.53 Å². The molecule has 120 valence electrons. The minimum Gasteiger partial charge on any atom is -0.375 e. The summed E-state index contributed by atoms with van der Waals surface area (Å²) in [5.41, 5.74) is 0.0424. The Bertz CT molecular complexity index is 362. The molecule has 1 saturated carbocycles. The summed E-state index contributed by atoms with van der Waals surface area (Å²) in [6.45, 7) is 5.05. The minimum atomic E-state index is -0.0260. The van der Waals surface area contributed by atoms with Gasteiger partial charge in [0.15, 0.2) is 0 Å². The number of carbonyl (C=O) groups excluding carboxylic acids is 1. The largest absolute Gasteiger partial charge is 0.375 e. The molecule has 2 saturated heterocycles. The van der Waals surface area contributed by atoms with E-state index in [1.807, 2.05) is 0 Å². The summed E-state index contributed by atoms with van der Waals surface area (Å²) in [5, 5.41) is 3.43. The Labute approximate surface area is 129 Å². The second-order valence-corrected chi connectivity index (χ2v) is 7.57. The predicted octanol–water partition coefficient (Wildman–Crippen LogP) is 3.46. The van der Waals surface area contributed by atoms with Crippen molar-refractivity contribution >= 4 is 5.78 Å². The van der Waals surface area contributed by atoms with Crippen LogP contribution in [0.1, 0.15) is 71.1 Å². The highest BCUT2D eigenvalue weighted by Gasteiger charge is 2.47. The van der Waals surface area contributed by atoms with Gasteiger partial charge in [0, 0.05) is 17.9 Å². The Kier molecular flexibility index (Phi) is 4.70. The van der Waals surface area contributed by atoms with E-state index in [0.717, 1.165) is 58.2 Å². The third-order valence-electron chi connectivity index (χ3n) is 6.19. The van der Waals surface area contributed by atoms with Crippen molar-refractivity contribution in [3.63, 3.8) is 0 Å². The summed E-state index contributed by atoms with van der Waals surface area (Å²) in [6, 6.07) is 0. The molecule has 3 heteroatoms. The van der Waals surface area contributed by atoms with Crippen LogP contribution in [0.15, 0.2) is 0 Å². The minimum absolute atomic E-state index is 0.0260. The van der Waals surface area contributed by atoms with Gasteiger partial charge in [0.1, 0.15) is 5.78 Å². The molecule has 3 fully saturated rings. The average Bonchev–Trinajstić information content (AvgIpc) is 2.95. The zero-order valence-electron chi connectivity index (χ0n) is 13.6. The Balaban J connectivity index is 1.72. The molecule has 0 aromatic carbocycles. The normalized spacial score (nSPS) is 31.4. The summed E-state index contributed by atoms with van der Waals surface area (Å²) in [6.07, 6.45) is 11.2. The van der Waals surface area contributed by atoms with Crippen LogP contribution in [0.4, 0.5) is 0 Å². The van der Waals surface area contributed by atoms with Crippen LogP contribution < -0.4 is 5.32 Å². The number of ketones is 1. The van der Waals surface area contributed by atoms with E-state index >= 15 is 0 Å². The van der Waals surface area contributed by atoms with Crippen molar-refractivity contribution in [2.24, 2.45) is 11.3 Å². The molecular weight excluding hydrogens is 262 g/mol. The Hall–Kier alpha value is -0.410. The molecule has 0 aromatic rings. The summed E-state index contributed by atoms with van der Waals surface area (Å²) in [4.78, 5) is 13.3. The third-order valence-corrected chi connectivity index (χ3v) is 6.19. The van der Waals surface area contributed by atoms with Crippen molar-refractivity contribution in [1.82, 2.24) is 5.32 Å². The van der Waals surface area contributed by atoms with Crippen molar-refractivity contribution in [2.75, 3.05) is 19.7 Å². The van der Waals surface area contributed by atoms with E-state index in [1.165, 1.54) is 25.7 Å². The van der Waals surface area contributed by atoms with Gasteiger partial charge in [0.2, 0.25) is 0 Å². The highest BCUT2D eigenvalue weighted by molar-refractivity contribution is 5.87. The lowest BCUT2D eigenvalue weighted by atomic mass is 9.66. The smallest absolute Gasteiger partial charge is 0.142 e. The Morgan fingerprint density at radius 2 is 1.90 bits per heavy atom. The molecule has 21 heavy (non-hydrogen) atoms. The van der Waals surface area contributed by atoms with E-state index in [4.69, 9.17) is 4.74 Å². The molecule has 0 bridgehead atoms. The van der Waals surface area contributed by atoms with Gasteiger partial charge in [-0.3, -0.25) is 4.79 Å². The average molecular weight is 293 g/mol. The number of carbonyl (C=O) groups is 1. The summed E-state index contributed by atoms with van der Waals surface area (Å²) in [5.74, 6) is 0.849. The monoisotopic (exact) mass is 293 g/mol. The molecular formula is C18H31NO2. The number of hydrogen-bond donors (Lipinski definition) is 1. The van der Waals surface area contributed by atoms with Gasteiger partial charge in [-0.2, -0.15) is 0 Å². The summed E-state index contributed by atoms with van der Waals surface area (Å²) in [7, 11) is 0. The van der Waals surface area contributed by atoms with Gasteiger partial charge in [-0.05, 0) is 58.0 Å². The molecule has 3 nitrogen and oxygen atoms in total. The predicted molar refractivity (Wildman–Crippen MR) is 84.3 cm³/mol. The molecule has 2 heterocycles. The number of nitrogens with one attached hydrogen (secondary N) is 1. The first-order chi connectivity index (χ1) is 10.2. The molecule has 0 amide bonds. The van der Waals surface area contributed by atoms with Gasteiger partial charge in [0.05, 0.1) is 5.60 Å². The van der Waals surface area contributed by atoms with Crippen LogP contribution >= 0.6 is 0 Å². The number of hydrogen-bond acceptors (Lipinski definition) is 3. The first-order valence-electron chi connectivity index (χ1n) is 9.09. The van der Waals surface area contributed by atoms with Crippen molar-refractivity contribution in [3.8, 4) is 0 Å². The standard InChI is InChI=1S/C18H31NO2/c1-2-6-17(9-11-19-12-10-17)16(20)15-5-13-21-18(14-15)7-3-4-8-18/h15,19H,2-14H2,1H3. The Morgan fingerprint density at radius 1 is 1.19 bits per heavy atom. The van der Waals surface area contributed by atoms with E-state index in [1.54, 1.807) is 0 Å². The molecule has 1 unspecified atom stereocenters. The number of Topliss-reactive ketones (excluding diaryl/α,β-unsaturated/α-hetero) is 1. The third kappa shape index (κ3) is 3.05. The van der Waals surface area contributed by atoms with Crippen LogP contribution in [-0.4, -0.2) is 31.1 Å². The highest BCUT2D eigenvalue weighted by Crippen LogP contribution is 2.46. The quantitative estimate of drug-likeness (QED) is 0.862. The van der Waals surface area contributed by atoms with Gasteiger partial charge in [-0.25, -0.2) is 0 Å². The van der Waals surface area contributed by atoms with Gasteiger partial charge in [0.25, 0.3) is 0 Å². The molecule has 1 aliphatic carbocycles. The van der Waals surface area contributed by atoms with Crippen molar-refractivity contribution in [1.29, 1.82) is 0 Å². The molecule has 0 radical (unpaired) electrons. The van der Waals surface area contributed by atoms with E-state index in [9.17, 15) is 4.79 Å². The lowest BCUT2D eigenvalue weighted by molar-refractivity contribution is -0.147. The van der Waals surface area contributed by atoms with Crippen LogP contribution in [-0.2, 0) is 9.53 Å². The number of ether oxygens (including phenoxy) is 1. The Morgan fingerprint density at radius 3 is 2.57 bits per heavy atom. The van der Waals surface area contributed by atoms with Gasteiger partial charge >= 0.3 is 0 Å². The molecule has 2 aliphatic heterocycles. The van der Waals surface area contributed by atoms with Crippen LogP contribution in [0.3, 0.4) is 0 Å². The summed E-state index contributed by atoms with van der Waals surface area (Å²) < 4.78 is 6.12. The van der Waals surface area contributed by atoms with E-state index in [-0.39, 0.29) is 16.9 Å². The topological polar surface area (TPSA) is 38.3 Å². The number of rotatable bonds is 4. The van der Waals surface area contributed by atoms with E-state index in [0.29, 0.717) is 5.78 Å². The van der Waals surface area contributed by atoms with E-state index in [2.05, 4.69) is 12.2 Å². The maximum Gasteiger partial charge on any atom is 0.142 e. The second kappa shape index (κ2) is 6.37. The molecule has 1 atom stereocenters. The lowest BCUT2D eigenvalue weighted by Crippen LogP contribution is -2.48. The fraction of sp³-hybridized carbons (Fsp3) is 0.944. The SMILES string of the molecule is CCCC1(C(=O)C2CCOC3(CCCC3)C2)CCNCC1. The first kappa shape index (κ1) is 15.5. The van der Waals surface area contributed by atoms with Crippen molar-refractivity contribution in [2.45, 2.75) is 76.7 Å². The second-order valence-electron chi connectivity index (χ2n) is 7.57. The molecule has 3 rings (SSSR count). The zero-order valence-corrected chi connectivity index (χ0v) is 13.6. The molecule has 3 aliphatic rings. The first-order valence-corrected chi connectivity index (χ1v) is 9.09.